The van der Waals surface area contributed by atoms with E-state index >= 15 is 0 Å². The fourth-order valence-electron chi connectivity index (χ4n) is 7.61. The number of nitrogens with zero attached hydrogens (tertiary/aromatic N) is 1. The summed E-state index contributed by atoms with van der Waals surface area (Å²) in [5.74, 6) is 0.700. The van der Waals surface area contributed by atoms with Crippen LogP contribution in [0.2, 0.25) is 0 Å². The monoisotopic (exact) mass is 362 g/mol. The molecule has 1 aliphatic heterocycles. The van der Waals surface area contributed by atoms with Gasteiger partial charge in [-0.25, -0.2) is 0 Å². The van der Waals surface area contributed by atoms with E-state index in [0.29, 0.717) is 25.2 Å². The maximum absolute atomic E-state index is 12.2. The van der Waals surface area contributed by atoms with Crippen LogP contribution >= 0.6 is 0 Å². The van der Waals surface area contributed by atoms with Crippen LogP contribution in [0.3, 0.4) is 0 Å². The van der Waals surface area contributed by atoms with Crippen molar-refractivity contribution in [1.29, 1.82) is 0 Å². The van der Waals surface area contributed by atoms with E-state index in [1.165, 1.54) is 0 Å². The molecule has 0 aromatic rings. The van der Waals surface area contributed by atoms with E-state index < -0.39 is 11.7 Å². The Morgan fingerprint density at radius 1 is 1.35 bits per heavy atom. The van der Waals surface area contributed by atoms with Crippen LogP contribution in [-0.2, 0) is 4.79 Å². The molecule has 1 amide bonds. The predicted octanol–water partition coefficient (Wildman–Crippen LogP) is 3.33. The molecule has 4 aliphatic rings. The topological polar surface area (TPSA) is 60.8 Å². The Morgan fingerprint density at radius 3 is 2.69 bits per heavy atom. The van der Waals surface area contributed by atoms with Gasteiger partial charge < -0.3 is 15.1 Å². The number of allylic oxidation sites excluding steroid dienone is 2. The molecule has 0 bridgehead atoms. The van der Waals surface area contributed by atoms with Gasteiger partial charge in [-0.2, -0.15) is 0 Å². The molecule has 4 unspecified atom stereocenters. The number of piperidine rings is 1. The highest BCUT2D eigenvalue weighted by Gasteiger charge is 2.63. The van der Waals surface area contributed by atoms with E-state index in [9.17, 15) is 15.0 Å². The van der Waals surface area contributed by atoms with Crippen molar-refractivity contribution in [3.63, 3.8) is 0 Å². The maximum Gasteiger partial charge on any atom is 0.226 e. The van der Waals surface area contributed by atoms with E-state index in [2.05, 4.69) is 19.9 Å². The zero-order valence-electron chi connectivity index (χ0n) is 17.9. The minimum absolute atomic E-state index is 0.0987. The minimum Gasteiger partial charge on any atom is -0.393 e. The zero-order valence-corrected chi connectivity index (χ0v) is 16.9. The second-order valence-electron chi connectivity index (χ2n) is 10.4. The number of aliphatic hydroxyl groups is 2. The summed E-state index contributed by atoms with van der Waals surface area (Å²) in [6, 6.07) is 0. The number of amides is 1. The number of fused-ring (bicyclic) bond motifs is 5. The van der Waals surface area contributed by atoms with Crippen molar-refractivity contribution in [2.45, 2.75) is 77.9 Å². The Balaban J connectivity index is 1.79. The quantitative estimate of drug-likeness (QED) is 0.752. The SMILES string of the molecule is [2H][C@]1(O)C[C@@]2(C)C(CCC2C(C)(C)O)C2CC=C3N(C)C(=O)CC[C@]3(C)C21. The third-order valence-electron chi connectivity index (χ3n) is 8.58. The Morgan fingerprint density at radius 2 is 2.04 bits per heavy atom. The first kappa shape index (κ1) is 17.2. The normalized spacial score (nSPS) is 52.0. The van der Waals surface area contributed by atoms with E-state index in [4.69, 9.17) is 1.37 Å². The third-order valence-corrected chi connectivity index (χ3v) is 8.58. The number of likely N-dealkylation sites (tertiary alicyclic amines) is 1. The Labute approximate surface area is 159 Å². The Hall–Kier alpha value is -0.870. The molecule has 146 valence electrons. The van der Waals surface area contributed by atoms with Gasteiger partial charge in [-0.1, -0.05) is 19.9 Å². The molecule has 0 aromatic carbocycles. The molecule has 0 radical (unpaired) electrons. The van der Waals surface area contributed by atoms with Crippen LogP contribution in [0, 0.1) is 34.5 Å². The standard InChI is InChI=1S/C22H35NO3/c1-20(2,26)16-8-7-14-13-6-9-17-21(3,11-10-18(25)23(17)5)19(13)15(24)12-22(14,16)4/h9,13-16,19,24,26H,6-8,10-12H2,1-5H3/t13?,14?,15-,16?,19?,21-,22-/m0/s1/i15D. The van der Waals surface area contributed by atoms with Crippen LogP contribution in [0.15, 0.2) is 11.8 Å². The molecule has 2 N–H and O–H groups in total. The van der Waals surface area contributed by atoms with Gasteiger partial charge in [0.25, 0.3) is 0 Å². The minimum atomic E-state index is -1.54. The van der Waals surface area contributed by atoms with Crippen molar-refractivity contribution in [1.82, 2.24) is 4.90 Å². The van der Waals surface area contributed by atoms with E-state index in [0.717, 1.165) is 25.0 Å². The lowest BCUT2D eigenvalue weighted by atomic mass is 9.47. The smallest absolute Gasteiger partial charge is 0.226 e. The van der Waals surface area contributed by atoms with Gasteiger partial charge >= 0.3 is 0 Å². The molecule has 7 atom stereocenters. The van der Waals surface area contributed by atoms with Gasteiger partial charge in [0, 0.05) is 24.6 Å². The molecule has 0 aromatic heterocycles. The highest BCUT2D eigenvalue weighted by Crippen LogP contribution is 2.67. The van der Waals surface area contributed by atoms with Gasteiger partial charge in [-0.3, -0.25) is 4.79 Å². The summed E-state index contributed by atoms with van der Waals surface area (Å²) in [5, 5.41) is 22.3. The fraction of sp³-hybridized carbons (Fsp3) is 0.864. The largest absolute Gasteiger partial charge is 0.393 e. The summed E-state index contributed by atoms with van der Waals surface area (Å²) in [6.45, 7) is 8.11. The highest BCUT2D eigenvalue weighted by molar-refractivity contribution is 5.79. The first-order valence-corrected chi connectivity index (χ1v) is 10.2. The molecule has 4 heteroatoms. The van der Waals surface area contributed by atoms with Crippen molar-refractivity contribution in [3.05, 3.63) is 11.8 Å². The lowest BCUT2D eigenvalue weighted by Crippen LogP contribution is -2.59. The van der Waals surface area contributed by atoms with E-state index in [1.54, 1.807) is 4.90 Å². The second kappa shape index (κ2) is 5.57. The summed E-state index contributed by atoms with van der Waals surface area (Å²) >= 11 is 0. The zero-order chi connectivity index (χ0) is 20.0. The summed E-state index contributed by atoms with van der Waals surface area (Å²) < 4.78 is 9.03. The average Bonchev–Trinajstić information content (AvgIpc) is 2.86. The number of hydrogen-bond donors (Lipinski definition) is 2. The first-order chi connectivity index (χ1) is 12.3. The van der Waals surface area contributed by atoms with Crippen LogP contribution < -0.4 is 0 Å². The lowest BCUT2D eigenvalue weighted by molar-refractivity contribution is -0.156. The van der Waals surface area contributed by atoms with Gasteiger partial charge in [0.2, 0.25) is 5.91 Å². The molecule has 3 aliphatic carbocycles. The molecule has 0 spiro atoms. The number of carbonyl (C=O) groups is 1. The Bertz CT molecular complexity index is 696. The Kier molecular flexibility index (Phi) is 3.70. The first-order valence-electron chi connectivity index (χ1n) is 10.7. The highest BCUT2D eigenvalue weighted by atomic mass is 16.3. The molecular formula is C22H35NO3. The van der Waals surface area contributed by atoms with E-state index in [-0.39, 0.29) is 34.5 Å². The van der Waals surface area contributed by atoms with Crippen molar-refractivity contribution < 1.29 is 16.4 Å². The molecule has 1 saturated heterocycles. The summed E-state index contributed by atoms with van der Waals surface area (Å²) in [7, 11) is 1.84. The van der Waals surface area contributed by atoms with Gasteiger partial charge in [-0.15, -0.1) is 0 Å². The predicted molar refractivity (Wildman–Crippen MR) is 101 cm³/mol. The van der Waals surface area contributed by atoms with Crippen LogP contribution in [-0.4, -0.2) is 39.7 Å². The lowest BCUT2D eigenvalue weighted by Gasteiger charge is -2.60. The van der Waals surface area contributed by atoms with Crippen LogP contribution in [0.4, 0.5) is 0 Å². The molecule has 2 saturated carbocycles. The van der Waals surface area contributed by atoms with Crippen molar-refractivity contribution in [2.75, 3.05) is 7.05 Å². The molecule has 3 fully saturated rings. The number of rotatable bonds is 1. The maximum atomic E-state index is 12.2. The number of hydrogen-bond acceptors (Lipinski definition) is 3. The van der Waals surface area contributed by atoms with Crippen LogP contribution in [0.25, 0.3) is 0 Å². The molecular weight excluding hydrogens is 326 g/mol. The molecule has 26 heavy (non-hydrogen) atoms. The molecule has 4 rings (SSSR count). The molecule has 4 nitrogen and oxygen atoms in total. The average molecular weight is 363 g/mol. The summed E-state index contributed by atoms with van der Waals surface area (Å²) in [5.41, 5.74) is -0.362. The van der Waals surface area contributed by atoms with Crippen LogP contribution in [0.1, 0.15) is 67.6 Å². The second-order valence-corrected chi connectivity index (χ2v) is 10.4. The van der Waals surface area contributed by atoms with Crippen molar-refractivity contribution >= 4 is 5.91 Å². The van der Waals surface area contributed by atoms with Gasteiger partial charge in [-0.05, 0) is 75.0 Å². The van der Waals surface area contributed by atoms with Crippen molar-refractivity contribution in [3.8, 4) is 0 Å². The van der Waals surface area contributed by atoms with Gasteiger partial charge in [0.15, 0.2) is 0 Å². The van der Waals surface area contributed by atoms with Crippen LogP contribution in [0.5, 0.6) is 0 Å². The van der Waals surface area contributed by atoms with Gasteiger partial charge in [0.1, 0.15) is 0 Å². The number of carbonyl (C=O) groups excluding carboxylic acids is 1. The van der Waals surface area contributed by atoms with Crippen molar-refractivity contribution in [2.24, 2.45) is 34.5 Å². The van der Waals surface area contributed by atoms with Gasteiger partial charge in [0.05, 0.1) is 13.1 Å². The molecule has 1 heterocycles. The van der Waals surface area contributed by atoms with E-state index in [1.807, 2.05) is 20.9 Å². The summed E-state index contributed by atoms with van der Waals surface area (Å²) in [4.78, 5) is 14.0. The fourth-order valence-corrected chi connectivity index (χ4v) is 7.61. The summed E-state index contributed by atoms with van der Waals surface area (Å²) in [6.07, 6.45) is 5.08. The third kappa shape index (κ3) is 2.30.